The molecule has 2 nitrogen and oxygen atoms in total. The molecule has 0 rings (SSSR count). The standard InChI is InChI=1S/C8H17OP.C4H9N/c1-8(2,3)5-7(6-9)10-4;1-3-4-5-2/h6-7,10H,5H2,1-4H3;3,5H,1,4H2,2H3. The molecule has 0 aliphatic carbocycles. The Hall–Kier alpha value is -0.200. The first-order chi connectivity index (χ1) is 6.91. The normalized spacial score (nSPS) is 13.1. The van der Waals surface area contributed by atoms with Gasteiger partial charge in [0.2, 0.25) is 0 Å². The van der Waals surface area contributed by atoms with Gasteiger partial charge in [-0.05, 0) is 25.5 Å². The molecular formula is C12H26NOP. The zero-order valence-corrected chi connectivity index (χ0v) is 11.8. The molecule has 0 radical (unpaired) electrons. The molecule has 1 N–H and O–H groups in total. The van der Waals surface area contributed by atoms with Crippen LogP contribution >= 0.6 is 8.58 Å². The van der Waals surface area contributed by atoms with Crippen molar-refractivity contribution in [3.8, 4) is 0 Å². The van der Waals surface area contributed by atoms with E-state index in [0.717, 1.165) is 27.8 Å². The molecule has 0 bridgehead atoms. The summed E-state index contributed by atoms with van der Waals surface area (Å²) < 4.78 is 0. The van der Waals surface area contributed by atoms with Crippen molar-refractivity contribution >= 4 is 14.9 Å². The molecule has 0 aromatic heterocycles. The highest BCUT2D eigenvalue weighted by Gasteiger charge is 2.16. The summed E-state index contributed by atoms with van der Waals surface area (Å²) >= 11 is 0. The van der Waals surface area contributed by atoms with E-state index in [4.69, 9.17) is 0 Å². The third kappa shape index (κ3) is 16.5. The second kappa shape index (κ2) is 10.3. The Balaban J connectivity index is 0. The van der Waals surface area contributed by atoms with Gasteiger partial charge in [0, 0.05) is 12.2 Å². The third-order valence-electron chi connectivity index (χ3n) is 1.72. The first kappa shape index (κ1) is 17.2. The van der Waals surface area contributed by atoms with Crippen LogP contribution in [0, 0.1) is 5.41 Å². The van der Waals surface area contributed by atoms with Crippen LogP contribution in [0.3, 0.4) is 0 Å². The van der Waals surface area contributed by atoms with Gasteiger partial charge in [0.05, 0.1) is 0 Å². The summed E-state index contributed by atoms with van der Waals surface area (Å²) in [6, 6.07) is 0. The number of carbonyl (C=O) groups excluding carboxylic acids is 1. The number of hydrogen-bond donors (Lipinski definition) is 1. The van der Waals surface area contributed by atoms with Crippen molar-refractivity contribution in [2.75, 3.05) is 20.3 Å². The summed E-state index contributed by atoms with van der Waals surface area (Å²) in [5.74, 6) is 0. The molecule has 2 unspecified atom stereocenters. The maximum absolute atomic E-state index is 10.4. The minimum absolute atomic E-state index is 0.292. The van der Waals surface area contributed by atoms with E-state index in [2.05, 4.69) is 39.3 Å². The second-order valence-electron chi connectivity index (χ2n) is 4.64. The summed E-state index contributed by atoms with van der Waals surface area (Å²) in [5.41, 5.74) is 0.592. The second-order valence-corrected chi connectivity index (χ2v) is 5.96. The van der Waals surface area contributed by atoms with Gasteiger partial charge in [0.15, 0.2) is 0 Å². The van der Waals surface area contributed by atoms with Crippen molar-refractivity contribution in [3.63, 3.8) is 0 Å². The monoisotopic (exact) mass is 231 g/mol. The largest absolute Gasteiger partial charge is 0.316 e. The summed E-state index contributed by atoms with van der Waals surface area (Å²) in [6.45, 7) is 13.0. The maximum atomic E-state index is 10.4. The number of carbonyl (C=O) groups is 1. The zero-order chi connectivity index (χ0) is 12.3. The molecule has 0 saturated heterocycles. The van der Waals surface area contributed by atoms with E-state index in [1.54, 1.807) is 0 Å². The average molecular weight is 231 g/mol. The van der Waals surface area contributed by atoms with E-state index >= 15 is 0 Å². The van der Waals surface area contributed by atoms with Gasteiger partial charge in [-0.25, -0.2) is 0 Å². The lowest BCUT2D eigenvalue weighted by Crippen LogP contribution is -2.14. The Morgan fingerprint density at radius 2 is 2.00 bits per heavy atom. The predicted octanol–water partition coefficient (Wildman–Crippen LogP) is 2.69. The zero-order valence-electron chi connectivity index (χ0n) is 10.8. The summed E-state index contributed by atoms with van der Waals surface area (Å²) in [5, 5.41) is 2.90. The van der Waals surface area contributed by atoms with Crippen LogP contribution in [0.5, 0.6) is 0 Å². The van der Waals surface area contributed by atoms with Crippen LogP contribution in [0.2, 0.25) is 0 Å². The molecule has 0 aliphatic rings. The van der Waals surface area contributed by atoms with E-state index < -0.39 is 0 Å². The number of nitrogens with one attached hydrogen (secondary N) is 1. The van der Waals surface area contributed by atoms with Crippen molar-refractivity contribution < 1.29 is 4.79 Å². The smallest absolute Gasteiger partial charge is 0.127 e. The van der Waals surface area contributed by atoms with Gasteiger partial charge in [-0.3, -0.25) is 0 Å². The Kier molecular flexibility index (Phi) is 11.8. The number of likely N-dealkylation sites (N-methyl/N-ethyl adjacent to an activating group) is 1. The Labute approximate surface area is 96.7 Å². The van der Waals surface area contributed by atoms with Gasteiger partial charge in [0.1, 0.15) is 6.29 Å². The van der Waals surface area contributed by atoms with Crippen molar-refractivity contribution in [2.45, 2.75) is 32.9 Å². The van der Waals surface area contributed by atoms with Gasteiger partial charge >= 0.3 is 0 Å². The third-order valence-corrected chi connectivity index (χ3v) is 2.80. The average Bonchev–Trinajstić information content (AvgIpc) is 2.15. The van der Waals surface area contributed by atoms with Crippen LogP contribution in [0.15, 0.2) is 12.7 Å². The molecule has 3 heteroatoms. The predicted molar refractivity (Wildman–Crippen MR) is 72.3 cm³/mol. The molecule has 0 heterocycles. The Morgan fingerprint density at radius 3 is 2.07 bits per heavy atom. The van der Waals surface area contributed by atoms with Gasteiger partial charge in [-0.1, -0.05) is 26.8 Å². The minimum Gasteiger partial charge on any atom is -0.316 e. The number of hydrogen-bond acceptors (Lipinski definition) is 2. The topological polar surface area (TPSA) is 29.1 Å². The molecule has 0 aromatic carbocycles. The van der Waals surface area contributed by atoms with Gasteiger partial charge in [-0.15, -0.1) is 15.2 Å². The van der Waals surface area contributed by atoms with E-state index in [9.17, 15) is 4.79 Å². The Morgan fingerprint density at radius 1 is 1.47 bits per heavy atom. The molecule has 0 aliphatic heterocycles. The molecule has 15 heavy (non-hydrogen) atoms. The SMILES string of the molecule is C=CCNC.CPC(C=O)CC(C)(C)C. The molecule has 0 spiro atoms. The number of rotatable bonds is 5. The first-order valence-corrected chi connectivity index (χ1v) is 6.87. The fourth-order valence-corrected chi connectivity index (χ4v) is 1.97. The lowest BCUT2D eigenvalue weighted by atomic mass is 9.91. The number of aldehydes is 1. The molecule has 0 fully saturated rings. The van der Waals surface area contributed by atoms with Crippen LogP contribution in [0.25, 0.3) is 0 Å². The Bertz CT molecular complexity index is 163. The van der Waals surface area contributed by atoms with E-state index in [-0.39, 0.29) is 0 Å². The van der Waals surface area contributed by atoms with Crippen LogP contribution in [-0.4, -0.2) is 32.2 Å². The van der Waals surface area contributed by atoms with Crippen molar-refractivity contribution in [2.24, 2.45) is 5.41 Å². The van der Waals surface area contributed by atoms with E-state index in [1.165, 1.54) is 0 Å². The lowest BCUT2D eigenvalue weighted by molar-refractivity contribution is -0.107. The molecular weight excluding hydrogens is 205 g/mol. The molecule has 2 atom stereocenters. The minimum atomic E-state index is 0.292. The molecule has 0 saturated carbocycles. The van der Waals surface area contributed by atoms with Gasteiger partial charge in [0.25, 0.3) is 0 Å². The summed E-state index contributed by atoms with van der Waals surface area (Å²) in [4.78, 5) is 10.4. The van der Waals surface area contributed by atoms with Crippen LogP contribution in [0.1, 0.15) is 27.2 Å². The van der Waals surface area contributed by atoms with Crippen molar-refractivity contribution in [1.82, 2.24) is 5.32 Å². The molecule has 0 aromatic rings. The maximum Gasteiger partial charge on any atom is 0.127 e. The fourth-order valence-electron chi connectivity index (χ4n) is 1.02. The van der Waals surface area contributed by atoms with Crippen LogP contribution in [-0.2, 0) is 4.79 Å². The fraction of sp³-hybridized carbons (Fsp3) is 0.750. The molecule has 90 valence electrons. The molecule has 0 amide bonds. The highest BCUT2D eigenvalue weighted by atomic mass is 31.1. The van der Waals surface area contributed by atoms with Gasteiger partial charge in [-0.2, -0.15) is 0 Å². The highest BCUT2D eigenvalue weighted by molar-refractivity contribution is 7.39. The van der Waals surface area contributed by atoms with Crippen LogP contribution < -0.4 is 5.32 Å². The lowest BCUT2D eigenvalue weighted by Gasteiger charge is -2.21. The van der Waals surface area contributed by atoms with E-state index in [1.807, 2.05) is 13.1 Å². The van der Waals surface area contributed by atoms with E-state index in [0.29, 0.717) is 11.1 Å². The van der Waals surface area contributed by atoms with Crippen molar-refractivity contribution in [1.29, 1.82) is 0 Å². The van der Waals surface area contributed by atoms with Crippen molar-refractivity contribution in [3.05, 3.63) is 12.7 Å². The quantitative estimate of drug-likeness (QED) is 0.448. The highest BCUT2D eigenvalue weighted by Crippen LogP contribution is 2.27. The first-order valence-electron chi connectivity index (χ1n) is 5.29. The summed E-state index contributed by atoms with van der Waals surface area (Å²) in [6.07, 6.45) is 3.93. The summed E-state index contributed by atoms with van der Waals surface area (Å²) in [7, 11) is 2.64. The van der Waals surface area contributed by atoms with Crippen LogP contribution in [0.4, 0.5) is 0 Å². The van der Waals surface area contributed by atoms with Gasteiger partial charge < -0.3 is 10.1 Å².